The SMILES string of the molecule is CCC(NC(=O)C1CCNC1)c1nc(C)cs1.Cl.Cl. The van der Waals surface area contributed by atoms with E-state index in [0.29, 0.717) is 0 Å². The third kappa shape index (κ3) is 4.91. The molecule has 4 nitrogen and oxygen atoms in total. The number of hydrogen-bond donors (Lipinski definition) is 2. The van der Waals surface area contributed by atoms with Crippen molar-refractivity contribution in [3.63, 3.8) is 0 Å². The van der Waals surface area contributed by atoms with Crippen LogP contribution in [0.5, 0.6) is 0 Å². The Balaban J connectivity index is 0.00000162. The van der Waals surface area contributed by atoms with E-state index in [1.165, 1.54) is 0 Å². The van der Waals surface area contributed by atoms with Crippen LogP contribution in [0.1, 0.15) is 36.5 Å². The fourth-order valence-corrected chi connectivity index (χ4v) is 2.97. The number of carbonyl (C=O) groups excluding carboxylic acids is 1. The van der Waals surface area contributed by atoms with Crippen LogP contribution >= 0.6 is 36.2 Å². The second kappa shape index (κ2) is 8.74. The van der Waals surface area contributed by atoms with E-state index in [2.05, 4.69) is 22.5 Å². The van der Waals surface area contributed by atoms with Crippen molar-refractivity contribution in [2.24, 2.45) is 5.92 Å². The van der Waals surface area contributed by atoms with E-state index < -0.39 is 0 Å². The zero-order chi connectivity index (χ0) is 12.3. The Morgan fingerprint density at radius 1 is 1.63 bits per heavy atom. The van der Waals surface area contributed by atoms with Crippen LogP contribution in [0.2, 0.25) is 0 Å². The van der Waals surface area contributed by atoms with Gasteiger partial charge in [-0.3, -0.25) is 4.79 Å². The zero-order valence-electron chi connectivity index (χ0n) is 11.1. The van der Waals surface area contributed by atoms with Crippen LogP contribution < -0.4 is 10.6 Å². The second-order valence-corrected chi connectivity index (χ2v) is 5.38. The normalized spacial score (nSPS) is 19.2. The van der Waals surface area contributed by atoms with Gasteiger partial charge < -0.3 is 10.6 Å². The average Bonchev–Trinajstić information content (AvgIpc) is 2.96. The maximum Gasteiger partial charge on any atom is 0.225 e. The van der Waals surface area contributed by atoms with Crippen molar-refractivity contribution in [3.8, 4) is 0 Å². The molecule has 1 fully saturated rings. The Bertz CT molecular complexity index is 394. The lowest BCUT2D eigenvalue weighted by atomic mass is 10.1. The topological polar surface area (TPSA) is 54.0 Å². The Kier molecular flexibility index (Phi) is 8.57. The van der Waals surface area contributed by atoms with Gasteiger partial charge in [-0.2, -0.15) is 0 Å². The van der Waals surface area contributed by atoms with Crippen LogP contribution in [0, 0.1) is 12.8 Å². The highest BCUT2D eigenvalue weighted by Crippen LogP contribution is 2.21. The molecule has 1 aromatic rings. The summed E-state index contributed by atoms with van der Waals surface area (Å²) in [6.07, 6.45) is 1.83. The average molecular weight is 326 g/mol. The van der Waals surface area contributed by atoms with Crippen molar-refractivity contribution >= 4 is 42.1 Å². The summed E-state index contributed by atoms with van der Waals surface area (Å²) < 4.78 is 0. The van der Waals surface area contributed by atoms with Gasteiger partial charge in [0.1, 0.15) is 5.01 Å². The van der Waals surface area contributed by atoms with Gasteiger partial charge >= 0.3 is 0 Å². The summed E-state index contributed by atoms with van der Waals surface area (Å²) in [4.78, 5) is 16.5. The number of thiazole rings is 1. The molecule has 2 N–H and O–H groups in total. The minimum atomic E-state index is 0. The van der Waals surface area contributed by atoms with Crippen LogP contribution in [0.15, 0.2) is 5.38 Å². The molecular formula is C12H21Cl2N3OS. The van der Waals surface area contributed by atoms with Gasteiger partial charge in [0, 0.05) is 17.6 Å². The number of hydrogen-bond acceptors (Lipinski definition) is 4. The van der Waals surface area contributed by atoms with E-state index >= 15 is 0 Å². The predicted octanol–water partition coefficient (Wildman–Crippen LogP) is 2.47. The molecule has 19 heavy (non-hydrogen) atoms. The number of aryl methyl sites for hydroxylation is 1. The van der Waals surface area contributed by atoms with Crippen molar-refractivity contribution in [1.82, 2.24) is 15.6 Å². The first-order chi connectivity index (χ1) is 8.20. The van der Waals surface area contributed by atoms with Crippen LogP contribution in [0.4, 0.5) is 0 Å². The maximum atomic E-state index is 12.0. The summed E-state index contributed by atoms with van der Waals surface area (Å²) >= 11 is 1.63. The Hall–Kier alpha value is -0.360. The number of nitrogens with zero attached hydrogens (tertiary/aromatic N) is 1. The van der Waals surface area contributed by atoms with E-state index in [1.807, 2.05) is 12.3 Å². The number of aromatic nitrogens is 1. The van der Waals surface area contributed by atoms with Gasteiger partial charge in [0.25, 0.3) is 0 Å². The fourth-order valence-electron chi connectivity index (χ4n) is 2.04. The first-order valence-corrected chi connectivity index (χ1v) is 7.01. The van der Waals surface area contributed by atoms with Gasteiger partial charge in [0.2, 0.25) is 5.91 Å². The highest BCUT2D eigenvalue weighted by molar-refractivity contribution is 7.09. The highest BCUT2D eigenvalue weighted by atomic mass is 35.5. The molecule has 0 radical (unpaired) electrons. The number of nitrogens with one attached hydrogen (secondary N) is 2. The molecule has 0 saturated carbocycles. The molecule has 2 unspecified atom stereocenters. The number of halogens is 2. The molecule has 7 heteroatoms. The molecule has 1 aliphatic heterocycles. The van der Waals surface area contributed by atoms with Gasteiger partial charge in [-0.15, -0.1) is 36.2 Å². The van der Waals surface area contributed by atoms with Crippen molar-refractivity contribution in [2.45, 2.75) is 32.7 Å². The third-order valence-electron chi connectivity index (χ3n) is 3.09. The molecule has 1 aromatic heterocycles. The Morgan fingerprint density at radius 3 is 2.84 bits per heavy atom. The monoisotopic (exact) mass is 325 g/mol. The minimum Gasteiger partial charge on any atom is -0.347 e. The molecule has 110 valence electrons. The standard InChI is InChI=1S/C12H19N3OS.2ClH/c1-3-10(12-14-8(2)7-17-12)15-11(16)9-4-5-13-6-9;;/h7,9-10,13H,3-6H2,1-2H3,(H,15,16);2*1H. The molecule has 0 aliphatic carbocycles. The number of amides is 1. The lowest BCUT2D eigenvalue weighted by Gasteiger charge is -2.17. The van der Waals surface area contributed by atoms with Crippen LogP contribution in [0.3, 0.4) is 0 Å². The Morgan fingerprint density at radius 2 is 2.37 bits per heavy atom. The summed E-state index contributed by atoms with van der Waals surface area (Å²) in [5, 5.41) is 9.37. The number of rotatable bonds is 4. The summed E-state index contributed by atoms with van der Waals surface area (Å²) in [5.41, 5.74) is 1.03. The van der Waals surface area contributed by atoms with Crippen molar-refractivity contribution in [1.29, 1.82) is 0 Å². The van der Waals surface area contributed by atoms with E-state index in [-0.39, 0.29) is 42.7 Å². The molecule has 1 saturated heterocycles. The smallest absolute Gasteiger partial charge is 0.225 e. The zero-order valence-corrected chi connectivity index (χ0v) is 13.6. The van der Waals surface area contributed by atoms with E-state index in [0.717, 1.165) is 36.6 Å². The maximum absolute atomic E-state index is 12.0. The molecule has 0 aromatic carbocycles. The van der Waals surface area contributed by atoms with Crippen LogP contribution in [-0.2, 0) is 4.79 Å². The largest absolute Gasteiger partial charge is 0.347 e. The lowest BCUT2D eigenvalue weighted by Crippen LogP contribution is -2.34. The molecular weight excluding hydrogens is 305 g/mol. The molecule has 0 spiro atoms. The summed E-state index contributed by atoms with van der Waals surface area (Å²) in [7, 11) is 0. The van der Waals surface area contributed by atoms with Crippen LogP contribution in [0.25, 0.3) is 0 Å². The summed E-state index contributed by atoms with van der Waals surface area (Å²) in [6, 6.07) is 0.0711. The van der Waals surface area contributed by atoms with E-state index in [4.69, 9.17) is 0 Å². The van der Waals surface area contributed by atoms with E-state index in [1.54, 1.807) is 11.3 Å². The second-order valence-electron chi connectivity index (χ2n) is 4.49. The third-order valence-corrected chi connectivity index (χ3v) is 4.17. The van der Waals surface area contributed by atoms with Gasteiger partial charge in [0.15, 0.2) is 0 Å². The summed E-state index contributed by atoms with van der Waals surface area (Å²) in [5.74, 6) is 0.291. The summed E-state index contributed by atoms with van der Waals surface area (Å²) in [6.45, 7) is 5.81. The fraction of sp³-hybridized carbons (Fsp3) is 0.667. The van der Waals surface area contributed by atoms with Crippen molar-refractivity contribution in [3.05, 3.63) is 16.1 Å². The molecule has 1 aliphatic rings. The van der Waals surface area contributed by atoms with Crippen LogP contribution in [-0.4, -0.2) is 24.0 Å². The van der Waals surface area contributed by atoms with Gasteiger partial charge in [0.05, 0.1) is 12.0 Å². The Labute approximate surface area is 130 Å². The predicted molar refractivity (Wildman–Crippen MR) is 83.5 cm³/mol. The first-order valence-electron chi connectivity index (χ1n) is 6.13. The van der Waals surface area contributed by atoms with E-state index in [9.17, 15) is 4.79 Å². The van der Waals surface area contributed by atoms with Gasteiger partial charge in [-0.05, 0) is 26.3 Å². The van der Waals surface area contributed by atoms with Gasteiger partial charge in [-0.1, -0.05) is 6.92 Å². The molecule has 1 amide bonds. The van der Waals surface area contributed by atoms with Gasteiger partial charge in [-0.25, -0.2) is 4.98 Å². The quantitative estimate of drug-likeness (QED) is 0.894. The van der Waals surface area contributed by atoms with Crippen molar-refractivity contribution in [2.75, 3.05) is 13.1 Å². The molecule has 2 heterocycles. The molecule has 0 bridgehead atoms. The lowest BCUT2D eigenvalue weighted by molar-refractivity contribution is -0.125. The first kappa shape index (κ1) is 18.6. The molecule has 2 atom stereocenters. The minimum absolute atomic E-state index is 0. The molecule has 2 rings (SSSR count). The number of carbonyl (C=O) groups is 1. The highest BCUT2D eigenvalue weighted by Gasteiger charge is 2.25. The van der Waals surface area contributed by atoms with Crippen molar-refractivity contribution < 1.29 is 4.79 Å².